The van der Waals surface area contributed by atoms with Gasteiger partial charge in [-0.15, -0.1) is 10.2 Å². The number of carbonyl (C=O) groups is 1. The maximum atomic E-state index is 13.4. The zero-order valence-electron chi connectivity index (χ0n) is 17.0. The minimum Gasteiger partial charge on any atom is -0.369 e. The first-order chi connectivity index (χ1) is 15.3. The highest BCUT2D eigenvalue weighted by Crippen LogP contribution is 2.52. The van der Waals surface area contributed by atoms with Crippen molar-refractivity contribution in [3.05, 3.63) is 65.1 Å². The fourth-order valence-electron chi connectivity index (χ4n) is 2.92. The minimum atomic E-state index is -6.12. The van der Waals surface area contributed by atoms with Crippen LogP contribution in [0.2, 0.25) is 0 Å². The van der Waals surface area contributed by atoms with Crippen molar-refractivity contribution < 1.29 is 36.2 Å². The molecule has 1 amide bonds. The summed E-state index contributed by atoms with van der Waals surface area (Å²) < 4.78 is 80.7. The van der Waals surface area contributed by atoms with Gasteiger partial charge in [0.25, 0.3) is 11.5 Å². The molecule has 0 bridgehead atoms. The number of nitrogens with zero attached hydrogens (tertiary/aromatic N) is 4. The molecule has 13 heteroatoms. The number of hydrogen-bond donors (Lipinski definition) is 2. The number of aryl methyl sites for hydroxylation is 2. The Morgan fingerprint density at radius 3 is 2.06 bits per heavy atom. The van der Waals surface area contributed by atoms with Gasteiger partial charge in [0.15, 0.2) is 5.69 Å². The highest BCUT2D eigenvalue weighted by Gasteiger charge is 2.72. The number of carbonyl (C=O) groups excluding carboxylic acids is 1. The zero-order chi connectivity index (χ0) is 24.6. The van der Waals surface area contributed by atoms with E-state index in [1.54, 1.807) is 6.07 Å². The summed E-state index contributed by atoms with van der Waals surface area (Å²) in [6.45, 7) is 2.70. The summed E-state index contributed by atoms with van der Waals surface area (Å²) in [7, 11) is 0. The van der Waals surface area contributed by atoms with Crippen LogP contribution < -0.4 is 5.32 Å². The molecule has 174 valence electrons. The molecule has 0 saturated carbocycles. The average molecular weight is 471 g/mol. The van der Waals surface area contributed by atoms with E-state index in [1.165, 1.54) is 38.4 Å². The van der Waals surface area contributed by atoms with Gasteiger partial charge in [-0.05, 0) is 49.2 Å². The van der Waals surface area contributed by atoms with E-state index in [4.69, 9.17) is 0 Å². The van der Waals surface area contributed by atoms with E-state index in [-0.39, 0.29) is 16.8 Å². The highest BCUT2D eigenvalue weighted by molar-refractivity contribution is 6.03. The Balaban J connectivity index is 2.02. The van der Waals surface area contributed by atoms with Crippen molar-refractivity contribution >= 4 is 11.6 Å². The summed E-state index contributed by atoms with van der Waals surface area (Å²) in [4.78, 5) is 12.6. The fraction of sp³-hybridized carbons (Fsp3) is 0.250. The number of aliphatic hydroxyl groups is 1. The van der Waals surface area contributed by atoms with Crippen molar-refractivity contribution in [3.8, 4) is 11.3 Å². The Bertz CT molecular complexity index is 1150. The van der Waals surface area contributed by atoms with Crippen LogP contribution in [0.15, 0.2) is 42.7 Å². The molecular weight excluding hydrogens is 456 g/mol. The molecule has 7 nitrogen and oxygen atoms in total. The molecule has 0 radical (unpaired) electrons. The number of anilines is 1. The first-order valence-corrected chi connectivity index (χ1v) is 9.15. The van der Waals surface area contributed by atoms with Crippen LogP contribution in [0.25, 0.3) is 11.3 Å². The van der Waals surface area contributed by atoms with Crippen LogP contribution in [-0.2, 0) is 5.60 Å². The molecule has 0 aliphatic rings. The summed E-state index contributed by atoms with van der Waals surface area (Å²) in [5.74, 6) is -1.13. The van der Waals surface area contributed by atoms with Gasteiger partial charge in [0.1, 0.15) is 0 Å². The van der Waals surface area contributed by atoms with Gasteiger partial charge in [-0.3, -0.25) is 4.79 Å². The van der Waals surface area contributed by atoms with Crippen LogP contribution in [0.5, 0.6) is 0 Å². The summed E-state index contributed by atoms with van der Waals surface area (Å²) >= 11 is 0. The third-order valence-corrected chi connectivity index (χ3v) is 4.87. The smallest absolute Gasteiger partial charge is 0.369 e. The van der Waals surface area contributed by atoms with Gasteiger partial charge < -0.3 is 10.4 Å². The Hall–Kier alpha value is -3.61. The van der Waals surface area contributed by atoms with E-state index in [0.29, 0.717) is 17.3 Å². The standard InChI is InChI=1S/C20H15F6N5O2/c1-10-7-13(18(33,19(21,22)23)20(24,25)26)16(8-11(10)2)29-17(32)15-4-3-14(30-31-15)12-5-6-27-28-9-12/h3-9,33H,1-2H3,(H,29,32). The minimum absolute atomic E-state index is 0.0463. The molecule has 0 aliphatic heterocycles. The summed E-state index contributed by atoms with van der Waals surface area (Å²) in [5, 5.41) is 26.6. The molecule has 0 fully saturated rings. The van der Waals surface area contributed by atoms with Gasteiger partial charge in [-0.25, -0.2) is 0 Å². The van der Waals surface area contributed by atoms with Crippen LogP contribution >= 0.6 is 0 Å². The molecule has 2 aromatic heterocycles. The van der Waals surface area contributed by atoms with Crippen LogP contribution in [0.4, 0.5) is 32.0 Å². The van der Waals surface area contributed by atoms with Crippen LogP contribution in [-0.4, -0.2) is 43.8 Å². The second-order valence-electron chi connectivity index (χ2n) is 7.08. The molecule has 0 unspecified atom stereocenters. The van der Waals surface area contributed by atoms with Crippen LogP contribution in [0, 0.1) is 13.8 Å². The number of alkyl halides is 6. The maximum absolute atomic E-state index is 13.4. The predicted molar refractivity (Wildman–Crippen MR) is 103 cm³/mol. The summed E-state index contributed by atoms with van der Waals surface area (Å²) in [5.41, 5.74) is -6.88. The molecule has 2 heterocycles. The number of benzene rings is 1. The first-order valence-electron chi connectivity index (χ1n) is 9.15. The molecule has 33 heavy (non-hydrogen) atoms. The summed E-state index contributed by atoms with van der Waals surface area (Å²) in [6.07, 6.45) is -9.47. The van der Waals surface area contributed by atoms with Crippen molar-refractivity contribution in [2.75, 3.05) is 5.32 Å². The number of hydrogen-bond acceptors (Lipinski definition) is 6. The van der Waals surface area contributed by atoms with Crippen molar-refractivity contribution in [2.45, 2.75) is 31.8 Å². The lowest BCUT2D eigenvalue weighted by atomic mass is 9.88. The van der Waals surface area contributed by atoms with Gasteiger partial charge in [0.2, 0.25) is 0 Å². The van der Waals surface area contributed by atoms with Crippen molar-refractivity contribution in [2.24, 2.45) is 0 Å². The second-order valence-corrected chi connectivity index (χ2v) is 7.08. The molecule has 0 saturated heterocycles. The molecule has 2 N–H and O–H groups in total. The number of rotatable bonds is 4. The van der Waals surface area contributed by atoms with Gasteiger partial charge >= 0.3 is 12.4 Å². The average Bonchev–Trinajstić information content (AvgIpc) is 2.74. The van der Waals surface area contributed by atoms with E-state index in [1.807, 2.05) is 5.32 Å². The molecule has 1 aromatic carbocycles. The molecule has 3 rings (SSSR count). The van der Waals surface area contributed by atoms with Crippen molar-refractivity contribution in [3.63, 3.8) is 0 Å². The second kappa shape index (κ2) is 8.39. The quantitative estimate of drug-likeness (QED) is 0.556. The van der Waals surface area contributed by atoms with E-state index >= 15 is 0 Å². The van der Waals surface area contributed by atoms with Crippen molar-refractivity contribution in [1.29, 1.82) is 0 Å². The highest BCUT2D eigenvalue weighted by atomic mass is 19.4. The third kappa shape index (κ3) is 4.49. The van der Waals surface area contributed by atoms with E-state index in [0.717, 1.165) is 6.07 Å². The lowest BCUT2D eigenvalue weighted by Crippen LogP contribution is -2.54. The topological polar surface area (TPSA) is 101 Å². The van der Waals surface area contributed by atoms with E-state index < -0.39 is 35.1 Å². The number of amides is 1. The third-order valence-electron chi connectivity index (χ3n) is 4.87. The van der Waals surface area contributed by atoms with Gasteiger partial charge in [0, 0.05) is 16.8 Å². The van der Waals surface area contributed by atoms with Gasteiger partial charge in [-0.1, -0.05) is 6.07 Å². The molecule has 3 aromatic rings. The van der Waals surface area contributed by atoms with E-state index in [9.17, 15) is 36.2 Å². The Kier molecular flexibility index (Phi) is 6.11. The molecular formula is C20H15F6N5O2. The van der Waals surface area contributed by atoms with Crippen molar-refractivity contribution in [1.82, 2.24) is 20.4 Å². The number of aromatic nitrogens is 4. The largest absolute Gasteiger partial charge is 0.430 e. The van der Waals surface area contributed by atoms with Gasteiger partial charge in [-0.2, -0.15) is 36.5 Å². The molecule has 0 spiro atoms. The number of halogens is 6. The molecule has 0 aliphatic carbocycles. The number of nitrogens with one attached hydrogen (secondary N) is 1. The Morgan fingerprint density at radius 1 is 0.909 bits per heavy atom. The predicted octanol–water partition coefficient (Wildman–Crippen LogP) is 4.11. The van der Waals surface area contributed by atoms with Crippen LogP contribution in [0.3, 0.4) is 0 Å². The monoisotopic (exact) mass is 471 g/mol. The Labute approximate surface area is 182 Å². The lowest BCUT2D eigenvalue weighted by Gasteiger charge is -2.34. The first kappa shape index (κ1) is 24.0. The molecule has 0 atom stereocenters. The van der Waals surface area contributed by atoms with Gasteiger partial charge in [0.05, 0.1) is 18.1 Å². The van der Waals surface area contributed by atoms with E-state index in [2.05, 4.69) is 20.4 Å². The normalized spacial score (nSPS) is 12.5. The van der Waals surface area contributed by atoms with Crippen LogP contribution in [0.1, 0.15) is 27.2 Å². The lowest BCUT2D eigenvalue weighted by molar-refractivity contribution is -0.376. The zero-order valence-corrected chi connectivity index (χ0v) is 17.0. The fourth-order valence-corrected chi connectivity index (χ4v) is 2.92. The SMILES string of the molecule is Cc1cc(NC(=O)c2ccc(-c3ccnnc3)nn2)c(C(O)(C(F)(F)F)C(F)(F)F)cc1C. The summed E-state index contributed by atoms with van der Waals surface area (Å²) in [6, 6.07) is 5.56. The Morgan fingerprint density at radius 2 is 1.55 bits per heavy atom. The maximum Gasteiger partial charge on any atom is 0.430 e.